The SMILES string of the molecule is Cc1ccc(N2CC[C@@H]3[C@@H](COCC4CC4)CN(C)C(=O)[C@@H]3CC2)nn1. The van der Waals surface area contributed by atoms with Crippen molar-refractivity contribution in [3.63, 3.8) is 0 Å². The monoisotopic (exact) mass is 358 g/mol. The van der Waals surface area contributed by atoms with Crippen molar-refractivity contribution < 1.29 is 9.53 Å². The number of piperidine rings is 1. The molecule has 3 aliphatic rings. The standard InChI is InChI=1S/C20H30N4O2/c1-14-3-6-19(22-21-14)24-9-7-17-16(13-26-12-15-4-5-15)11-23(2)20(25)18(17)8-10-24/h3,6,15-18H,4-5,7-13H2,1-2H3/t16-,17-,18-/m1/s1. The molecule has 3 atom stereocenters. The van der Waals surface area contributed by atoms with E-state index in [-0.39, 0.29) is 5.92 Å². The summed E-state index contributed by atoms with van der Waals surface area (Å²) < 4.78 is 6.02. The zero-order valence-corrected chi connectivity index (χ0v) is 15.9. The van der Waals surface area contributed by atoms with E-state index in [2.05, 4.69) is 15.1 Å². The number of nitrogens with zero attached hydrogens (tertiary/aromatic N) is 4. The van der Waals surface area contributed by atoms with Gasteiger partial charge in [-0.2, -0.15) is 5.10 Å². The lowest BCUT2D eigenvalue weighted by molar-refractivity contribution is -0.144. The lowest BCUT2D eigenvalue weighted by Gasteiger charge is -2.41. The van der Waals surface area contributed by atoms with Gasteiger partial charge in [-0.1, -0.05) is 0 Å². The molecule has 6 heteroatoms. The van der Waals surface area contributed by atoms with Crippen LogP contribution in [0.2, 0.25) is 0 Å². The number of amides is 1. The number of anilines is 1. The Bertz CT molecular complexity index is 631. The second-order valence-corrected chi connectivity index (χ2v) is 8.33. The summed E-state index contributed by atoms with van der Waals surface area (Å²) in [6.45, 7) is 6.28. The molecule has 0 bridgehead atoms. The topological polar surface area (TPSA) is 58.6 Å². The predicted molar refractivity (Wildman–Crippen MR) is 99.9 cm³/mol. The van der Waals surface area contributed by atoms with E-state index in [1.807, 2.05) is 31.0 Å². The van der Waals surface area contributed by atoms with Crippen molar-refractivity contribution >= 4 is 11.7 Å². The summed E-state index contributed by atoms with van der Waals surface area (Å²) in [5, 5.41) is 8.54. The molecule has 26 heavy (non-hydrogen) atoms. The smallest absolute Gasteiger partial charge is 0.225 e. The van der Waals surface area contributed by atoms with Crippen molar-refractivity contribution in [2.24, 2.45) is 23.7 Å². The Balaban J connectivity index is 1.44. The van der Waals surface area contributed by atoms with Gasteiger partial charge in [0.15, 0.2) is 5.82 Å². The Morgan fingerprint density at radius 3 is 2.65 bits per heavy atom. The van der Waals surface area contributed by atoms with Crippen LogP contribution in [0.5, 0.6) is 0 Å². The molecule has 3 fully saturated rings. The van der Waals surface area contributed by atoms with E-state index in [1.165, 1.54) is 12.8 Å². The predicted octanol–water partition coefficient (Wildman–Crippen LogP) is 2.13. The van der Waals surface area contributed by atoms with E-state index in [0.29, 0.717) is 17.7 Å². The highest BCUT2D eigenvalue weighted by Gasteiger charge is 2.42. The van der Waals surface area contributed by atoms with Gasteiger partial charge in [0.2, 0.25) is 5.91 Å². The molecule has 6 nitrogen and oxygen atoms in total. The number of carbonyl (C=O) groups is 1. The van der Waals surface area contributed by atoms with Gasteiger partial charge in [-0.15, -0.1) is 5.10 Å². The summed E-state index contributed by atoms with van der Waals surface area (Å²) >= 11 is 0. The third kappa shape index (κ3) is 3.85. The van der Waals surface area contributed by atoms with Crippen LogP contribution in [-0.2, 0) is 9.53 Å². The quantitative estimate of drug-likeness (QED) is 0.807. The minimum Gasteiger partial charge on any atom is -0.381 e. The number of hydrogen-bond donors (Lipinski definition) is 0. The summed E-state index contributed by atoms with van der Waals surface area (Å²) in [5.41, 5.74) is 0.932. The van der Waals surface area contributed by atoms with Gasteiger partial charge < -0.3 is 14.5 Å². The summed E-state index contributed by atoms with van der Waals surface area (Å²) in [6.07, 6.45) is 4.56. The molecule has 1 aromatic heterocycles. The number of aryl methyl sites for hydroxylation is 1. The van der Waals surface area contributed by atoms with Crippen molar-refractivity contribution in [1.29, 1.82) is 0 Å². The number of ether oxygens (including phenoxy) is 1. The first kappa shape index (κ1) is 17.7. The van der Waals surface area contributed by atoms with Crippen molar-refractivity contribution in [3.8, 4) is 0 Å². The maximum Gasteiger partial charge on any atom is 0.225 e. The van der Waals surface area contributed by atoms with E-state index >= 15 is 0 Å². The Morgan fingerprint density at radius 1 is 1.12 bits per heavy atom. The van der Waals surface area contributed by atoms with Crippen LogP contribution in [0.15, 0.2) is 12.1 Å². The molecule has 0 unspecified atom stereocenters. The Kier molecular flexibility index (Phi) is 5.11. The first-order valence-electron chi connectivity index (χ1n) is 10.00. The van der Waals surface area contributed by atoms with Crippen LogP contribution in [0.3, 0.4) is 0 Å². The first-order valence-corrected chi connectivity index (χ1v) is 10.00. The fourth-order valence-corrected chi connectivity index (χ4v) is 4.49. The highest BCUT2D eigenvalue weighted by Crippen LogP contribution is 2.37. The van der Waals surface area contributed by atoms with Crippen LogP contribution in [0.25, 0.3) is 0 Å². The zero-order valence-electron chi connectivity index (χ0n) is 15.9. The Hall–Kier alpha value is -1.69. The Labute approximate surface area is 155 Å². The van der Waals surface area contributed by atoms with Crippen molar-refractivity contribution in [1.82, 2.24) is 15.1 Å². The van der Waals surface area contributed by atoms with Gasteiger partial charge in [0.25, 0.3) is 0 Å². The van der Waals surface area contributed by atoms with Gasteiger partial charge in [0, 0.05) is 45.1 Å². The van der Waals surface area contributed by atoms with Gasteiger partial charge in [0.05, 0.1) is 12.3 Å². The molecule has 2 saturated heterocycles. The summed E-state index contributed by atoms with van der Waals surface area (Å²) in [6, 6.07) is 4.05. The first-order chi connectivity index (χ1) is 12.6. The fraction of sp³-hybridized carbons (Fsp3) is 0.750. The molecule has 2 aliphatic heterocycles. The van der Waals surface area contributed by atoms with Gasteiger partial charge in [0.1, 0.15) is 0 Å². The highest BCUT2D eigenvalue weighted by molar-refractivity contribution is 5.80. The number of hydrogen-bond acceptors (Lipinski definition) is 5. The normalized spacial score (nSPS) is 29.5. The lowest BCUT2D eigenvalue weighted by Crippen LogP contribution is -2.50. The van der Waals surface area contributed by atoms with E-state index in [4.69, 9.17) is 4.74 Å². The lowest BCUT2D eigenvalue weighted by atomic mass is 9.75. The molecule has 0 radical (unpaired) electrons. The summed E-state index contributed by atoms with van der Waals surface area (Å²) in [7, 11) is 1.94. The highest BCUT2D eigenvalue weighted by atomic mass is 16.5. The average Bonchev–Trinajstić information content (AvgIpc) is 3.46. The van der Waals surface area contributed by atoms with Crippen molar-refractivity contribution in [3.05, 3.63) is 17.8 Å². The maximum atomic E-state index is 12.8. The van der Waals surface area contributed by atoms with Crippen LogP contribution < -0.4 is 4.90 Å². The fourth-order valence-electron chi connectivity index (χ4n) is 4.49. The van der Waals surface area contributed by atoms with Gasteiger partial charge in [-0.05, 0) is 56.6 Å². The van der Waals surface area contributed by atoms with Gasteiger partial charge >= 0.3 is 0 Å². The number of rotatable bonds is 5. The number of aromatic nitrogens is 2. The minimum atomic E-state index is 0.117. The molecular weight excluding hydrogens is 328 g/mol. The molecule has 0 N–H and O–H groups in total. The maximum absolute atomic E-state index is 12.8. The molecule has 1 saturated carbocycles. The molecule has 0 aromatic carbocycles. The van der Waals surface area contributed by atoms with Crippen LogP contribution in [-0.4, -0.2) is 60.9 Å². The van der Waals surface area contributed by atoms with Gasteiger partial charge in [-0.25, -0.2) is 0 Å². The van der Waals surface area contributed by atoms with E-state index in [0.717, 1.165) is 63.1 Å². The summed E-state index contributed by atoms with van der Waals surface area (Å²) in [4.78, 5) is 17.0. The van der Waals surface area contributed by atoms with Crippen LogP contribution in [0, 0.1) is 30.6 Å². The van der Waals surface area contributed by atoms with Gasteiger partial charge in [-0.3, -0.25) is 4.79 Å². The van der Waals surface area contributed by atoms with Crippen LogP contribution >= 0.6 is 0 Å². The van der Waals surface area contributed by atoms with Crippen LogP contribution in [0.1, 0.15) is 31.4 Å². The molecule has 0 spiro atoms. The molecule has 3 heterocycles. The van der Waals surface area contributed by atoms with Crippen LogP contribution in [0.4, 0.5) is 5.82 Å². The molecule has 4 rings (SSSR count). The number of fused-ring (bicyclic) bond motifs is 1. The molecule has 1 aromatic rings. The molecular formula is C20H30N4O2. The average molecular weight is 358 g/mol. The second-order valence-electron chi connectivity index (χ2n) is 8.33. The van der Waals surface area contributed by atoms with E-state index < -0.39 is 0 Å². The minimum absolute atomic E-state index is 0.117. The third-order valence-electron chi connectivity index (χ3n) is 6.26. The van der Waals surface area contributed by atoms with E-state index in [9.17, 15) is 4.79 Å². The largest absolute Gasteiger partial charge is 0.381 e. The molecule has 142 valence electrons. The summed E-state index contributed by atoms with van der Waals surface area (Å²) in [5.74, 6) is 3.01. The third-order valence-corrected chi connectivity index (χ3v) is 6.26. The van der Waals surface area contributed by atoms with E-state index in [1.54, 1.807) is 0 Å². The molecule has 1 amide bonds. The second kappa shape index (κ2) is 7.51. The van der Waals surface area contributed by atoms with Crippen molar-refractivity contribution in [2.45, 2.75) is 32.6 Å². The zero-order chi connectivity index (χ0) is 18.1. The Morgan fingerprint density at radius 2 is 1.92 bits per heavy atom. The number of likely N-dealkylation sites (tertiary alicyclic amines) is 1. The molecule has 1 aliphatic carbocycles. The number of carbonyl (C=O) groups excluding carboxylic acids is 1. The van der Waals surface area contributed by atoms with Crippen molar-refractivity contribution in [2.75, 3.05) is 44.8 Å².